The summed E-state index contributed by atoms with van der Waals surface area (Å²) >= 11 is 0. The molecule has 1 N–H and O–H groups in total. The first-order valence-electron chi connectivity index (χ1n) is 7.25. The predicted molar refractivity (Wildman–Crippen MR) is 85.5 cm³/mol. The molecule has 0 saturated carbocycles. The number of hydrogen-bond acceptors (Lipinski definition) is 4. The van der Waals surface area contributed by atoms with Gasteiger partial charge < -0.3 is 9.73 Å². The molecule has 4 nitrogen and oxygen atoms in total. The van der Waals surface area contributed by atoms with Crippen LogP contribution in [0.4, 0.5) is 5.82 Å². The van der Waals surface area contributed by atoms with E-state index in [1.54, 1.807) is 6.33 Å². The molecule has 0 unspecified atom stereocenters. The van der Waals surface area contributed by atoms with Gasteiger partial charge in [-0.3, -0.25) is 0 Å². The van der Waals surface area contributed by atoms with Crippen LogP contribution in [0.3, 0.4) is 0 Å². The maximum atomic E-state index is 6.05. The lowest BCUT2D eigenvalue weighted by molar-refractivity contribution is 0.624. The largest absolute Gasteiger partial charge is 0.454 e. The second kappa shape index (κ2) is 5.56. The van der Waals surface area contributed by atoms with E-state index >= 15 is 0 Å². The van der Waals surface area contributed by atoms with Gasteiger partial charge in [-0.1, -0.05) is 31.5 Å². The van der Waals surface area contributed by atoms with Crippen LogP contribution in [0.1, 0.15) is 24.5 Å². The minimum atomic E-state index is 0.807. The van der Waals surface area contributed by atoms with E-state index in [2.05, 4.69) is 47.3 Å². The average Bonchev–Trinajstić information content (AvgIpc) is 2.93. The van der Waals surface area contributed by atoms with Gasteiger partial charge in [0.15, 0.2) is 5.76 Å². The Labute approximate surface area is 124 Å². The zero-order valence-corrected chi connectivity index (χ0v) is 12.6. The van der Waals surface area contributed by atoms with Gasteiger partial charge in [-0.25, -0.2) is 9.97 Å². The number of nitrogens with one attached hydrogen (secondary N) is 1. The number of para-hydroxylation sites is 1. The molecule has 0 spiro atoms. The van der Waals surface area contributed by atoms with E-state index in [0.29, 0.717) is 0 Å². The molecule has 0 saturated heterocycles. The topological polar surface area (TPSA) is 51.0 Å². The number of aryl methyl sites for hydroxylation is 1. The fourth-order valence-electron chi connectivity index (χ4n) is 2.65. The Morgan fingerprint density at radius 2 is 2.10 bits per heavy atom. The predicted octanol–water partition coefficient (Wildman–Crippen LogP) is 4.19. The summed E-state index contributed by atoms with van der Waals surface area (Å²) in [6, 6.07) is 8.22. The molecule has 2 aromatic heterocycles. The number of anilines is 1. The van der Waals surface area contributed by atoms with Crippen LogP contribution >= 0.6 is 0 Å². The van der Waals surface area contributed by atoms with Gasteiger partial charge in [0, 0.05) is 18.0 Å². The Hall–Kier alpha value is -2.36. The molecular weight excluding hydrogens is 262 g/mol. The summed E-state index contributed by atoms with van der Waals surface area (Å²) < 4.78 is 6.05. The zero-order chi connectivity index (χ0) is 14.8. The normalized spacial score (nSPS) is 11.0. The van der Waals surface area contributed by atoms with E-state index in [1.165, 1.54) is 0 Å². The first-order chi connectivity index (χ1) is 10.2. The highest BCUT2D eigenvalue weighted by Crippen LogP contribution is 2.32. The standard InChI is InChI=1S/C17H19N3O/c1-4-6-13-15(19-10-20-17(13)18-3)14-9-12-8-5-7-11(2)16(12)21-14/h5,7-10H,4,6H2,1-3H3,(H,18,19,20). The van der Waals surface area contributed by atoms with Crippen molar-refractivity contribution in [2.45, 2.75) is 26.7 Å². The van der Waals surface area contributed by atoms with Gasteiger partial charge in [0.1, 0.15) is 23.4 Å². The first-order valence-corrected chi connectivity index (χ1v) is 7.25. The molecule has 0 aliphatic rings. The lowest BCUT2D eigenvalue weighted by Crippen LogP contribution is -2.02. The highest BCUT2D eigenvalue weighted by molar-refractivity contribution is 5.85. The monoisotopic (exact) mass is 281 g/mol. The van der Waals surface area contributed by atoms with Crippen molar-refractivity contribution < 1.29 is 4.42 Å². The van der Waals surface area contributed by atoms with E-state index in [1.807, 2.05) is 13.1 Å². The maximum absolute atomic E-state index is 6.05. The molecule has 0 amide bonds. The lowest BCUT2D eigenvalue weighted by Gasteiger charge is -2.10. The van der Waals surface area contributed by atoms with E-state index in [9.17, 15) is 0 Å². The third-order valence-electron chi connectivity index (χ3n) is 3.66. The molecule has 0 aliphatic carbocycles. The average molecular weight is 281 g/mol. The molecule has 0 bridgehead atoms. The Kier molecular flexibility index (Phi) is 3.60. The van der Waals surface area contributed by atoms with Crippen molar-refractivity contribution >= 4 is 16.8 Å². The Morgan fingerprint density at radius 3 is 2.81 bits per heavy atom. The van der Waals surface area contributed by atoms with Gasteiger partial charge in [0.25, 0.3) is 0 Å². The number of furan rings is 1. The second-order valence-corrected chi connectivity index (χ2v) is 5.15. The first kappa shape index (κ1) is 13.6. The van der Waals surface area contributed by atoms with Crippen molar-refractivity contribution in [2.24, 2.45) is 0 Å². The quantitative estimate of drug-likeness (QED) is 0.779. The van der Waals surface area contributed by atoms with E-state index in [-0.39, 0.29) is 0 Å². The van der Waals surface area contributed by atoms with Crippen LogP contribution in [-0.2, 0) is 6.42 Å². The Balaban J connectivity index is 2.20. The molecule has 3 rings (SSSR count). The van der Waals surface area contributed by atoms with Crippen LogP contribution in [0.15, 0.2) is 35.0 Å². The molecule has 21 heavy (non-hydrogen) atoms. The highest BCUT2D eigenvalue weighted by Gasteiger charge is 2.16. The summed E-state index contributed by atoms with van der Waals surface area (Å²) in [5.74, 6) is 1.68. The van der Waals surface area contributed by atoms with Gasteiger partial charge in [-0.2, -0.15) is 0 Å². The van der Waals surface area contributed by atoms with Crippen molar-refractivity contribution in [3.05, 3.63) is 41.7 Å². The van der Waals surface area contributed by atoms with Crippen molar-refractivity contribution in [2.75, 3.05) is 12.4 Å². The Bertz CT molecular complexity index is 777. The molecule has 4 heteroatoms. The summed E-state index contributed by atoms with van der Waals surface area (Å²) in [4.78, 5) is 8.77. The van der Waals surface area contributed by atoms with Gasteiger partial charge >= 0.3 is 0 Å². The number of benzene rings is 1. The molecule has 3 aromatic rings. The van der Waals surface area contributed by atoms with Crippen LogP contribution in [-0.4, -0.2) is 17.0 Å². The molecule has 0 fully saturated rings. The number of fused-ring (bicyclic) bond motifs is 1. The smallest absolute Gasteiger partial charge is 0.154 e. The molecule has 0 radical (unpaired) electrons. The maximum Gasteiger partial charge on any atom is 0.154 e. The fourth-order valence-corrected chi connectivity index (χ4v) is 2.65. The summed E-state index contributed by atoms with van der Waals surface area (Å²) in [5.41, 5.74) is 4.06. The minimum Gasteiger partial charge on any atom is -0.454 e. The minimum absolute atomic E-state index is 0.807. The summed E-state index contributed by atoms with van der Waals surface area (Å²) in [7, 11) is 1.88. The van der Waals surface area contributed by atoms with Crippen molar-refractivity contribution in [1.82, 2.24) is 9.97 Å². The van der Waals surface area contributed by atoms with Gasteiger partial charge in [-0.15, -0.1) is 0 Å². The van der Waals surface area contributed by atoms with Crippen LogP contribution in [0.2, 0.25) is 0 Å². The van der Waals surface area contributed by atoms with Crippen LogP contribution in [0.5, 0.6) is 0 Å². The van der Waals surface area contributed by atoms with E-state index in [0.717, 1.165) is 52.2 Å². The summed E-state index contributed by atoms with van der Waals surface area (Å²) in [6.45, 7) is 4.21. The van der Waals surface area contributed by atoms with Gasteiger partial charge in [-0.05, 0) is 25.0 Å². The third kappa shape index (κ3) is 2.37. The van der Waals surface area contributed by atoms with Crippen LogP contribution in [0, 0.1) is 6.92 Å². The SMILES string of the molecule is CCCc1c(NC)ncnc1-c1cc2cccc(C)c2o1. The van der Waals surface area contributed by atoms with Gasteiger partial charge in [0.2, 0.25) is 0 Å². The highest BCUT2D eigenvalue weighted by atomic mass is 16.3. The van der Waals surface area contributed by atoms with Crippen molar-refractivity contribution in [3.8, 4) is 11.5 Å². The summed E-state index contributed by atoms with van der Waals surface area (Å²) in [5, 5.41) is 4.25. The number of aromatic nitrogens is 2. The number of rotatable bonds is 4. The van der Waals surface area contributed by atoms with E-state index in [4.69, 9.17) is 4.42 Å². The van der Waals surface area contributed by atoms with Crippen molar-refractivity contribution in [3.63, 3.8) is 0 Å². The van der Waals surface area contributed by atoms with Crippen LogP contribution < -0.4 is 5.32 Å². The molecule has 2 heterocycles. The second-order valence-electron chi connectivity index (χ2n) is 5.15. The molecule has 0 atom stereocenters. The fraction of sp³-hybridized carbons (Fsp3) is 0.294. The third-order valence-corrected chi connectivity index (χ3v) is 3.66. The molecule has 108 valence electrons. The van der Waals surface area contributed by atoms with Gasteiger partial charge in [0.05, 0.1) is 0 Å². The lowest BCUT2D eigenvalue weighted by atomic mass is 10.1. The molecule has 1 aromatic carbocycles. The Morgan fingerprint density at radius 1 is 1.24 bits per heavy atom. The zero-order valence-electron chi connectivity index (χ0n) is 12.6. The number of nitrogens with zero attached hydrogens (tertiary/aromatic N) is 2. The van der Waals surface area contributed by atoms with Crippen LogP contribution in [0.25, 0.3) is 22.4 Å². The summed E-state index contributed by atoms with van der Waals surface area (Å²) in [6.07, 6.45) is 3.54. The number of hydrogen-bond donors (Lipinski definition) is 1. The molecular formula is C17H19N3O. The van der Waals surface area contributed by atoms with E-state index < -0.39 is 0 Å². The molecule has 0 aliphatic heterocycles. The van der Waals surface area contributed by atoms with Crippen molar-refractivity contribution in [1.29, 1.82) is 0 Å².